The Kier molecular flexibility index (Phi) is 5.24. The van der Waals surface area contributed by atoms with Crippen molar-refractivity contribution in [1.29, 1.82) is 0 Å². The van der Waals surface area contributed by atoms with E-state index in [-0.39, 0.29) is 23.8 Å². The SMILES string of the molecule is Cc1nc(CCc2cnn([C@H](C)c3ccc(F)cc3)c2)nc2c1NC(=O)[C@H](C)N2C. The van der Waals surface area contributed by atoms with Gasteiger partial charge >= 0.3 is 0 Å². The minimum absolute atomic E-state index is 0.0142. The Morgan fingerprint density at radius 1 is 1.20 bits per heavy atom. The van der Waals surface area contributed by atoms with Gasteiger partial charge in [-0.05, 0) is 50.5 Å². The van der Waals surface area contributed by atoms with Gasteiger partial charge in [0.15, 0.2) is 5.82 Å². The molecule has 0 spiro atoms. The van der Waals surface area contributed by atoms with E-state index in [4.69, 9.17) is 4.98 Å². The summed E-state index contributed by atoms with van der Waals surface area (Å²) in [7, 11) is 1.87. The van der Waals surface area contributed by atoms with Crippen LogP contribution in [0.5, 0.6) is 0 Å². The summed E-state index contributed by atoms with van der Waals surface area (Å²) in [6.07, 6.45) is 5.27. The Morgan fingerprint density at radius 3 is 2.67 bits per heavy atom. The average molecular weight is 408 g/mol. The minimum atomic E-state index is -0.272. The summed E-state index contributed by atoms with van der Waals surface area (Å²) >= 11 is 0. The van der Waals surface area contributed by atoms with E-state index in [0.717, 1.165) is 34.9 Å². The van der Waals surface area contributed by atoms with Gasteiger partial charge in [-0.1, -0.05) is 12.1 Å². The summed E-state index contributed by atoms with van der Waals surface area (Å²) in [5, 5.41) is 7.37. The quantitative estimate of drug-likeness (QED) is 0.701. The molecule has 0 unspecified atom stereocenters. The molecule has 1 aliphatic rings. The zero-order valence-electron chi connectivity index (χ0n) is 17.6. The third-order valence-electron chi connectivity index (χ3n) is 5.70. The van der Waals surface area contributed by atoms with Crippen molar-refractivity contribution in [3.8, 4) is 0 Å². The number of hydrogen-bond acceptors (Lipinski definition) is 5. The number of rotatable bonds is 5. The molecule has 1 aliphatic heterocycles. The Bertz CT molecular complexity index is 1080. The van der Waals surface area contributed by atoms with Crippen LogP contribution >= 0.6 is 0 Å². The third kappa shape index (κ3) is 3.77. The lowest BCUT2D eigenvalue weighted by molar-refractivity contribution is -0.117. The Hall–Kier alpha value is -3.29. The number of hydrogen-bond donors (Lipinski definition) is 1. The average Bonchev–Trinajstić information content (AvgIpc) is 3.21. The molecule has 0 saturated heterocycles. The van der Waals surface area contributed by atoms with E-state index in [2.05, 4.69) is 15.4 Å². The molecule has 2 aromatic heterocycles. The Balaban J connectivity index is 1.48. The van der Waals surface area contributed by atoms with Crippen LogP contribution in [0.3, 0.4) is 0 Å². The van der Waals surface area contributed by atoms with Crippen molar-refractivity contribution in [1.82, 2.24) is 19.7 Å². The van der Waals surface area contributed by atoms with Gasteiger partial charge in [0.2, 0.25) is 5.91 Å². The maximum absolute atomic E-state index is 13.2. The number of aromatic nitrogens is 4. The fraction of sp³-hybridized carbons (Fsp3) is 0.364. The van der Waals surface area contributed by atoms with Crippen LogP contribution in [0, 0.1) is 12.7 Å². The van der Waals surface area contributed by atoms with E-state index < -0.39 is 0 Å². The molecule has 0 radical (unpaired) electrons. The van der Waals surface area contributed by atoms with Gasteiger partial charge in [-0.25, -0.2) is 14.4 Å². The molecular weight excluding hydrogens is 383 g/mol. The van der Waals surface area contributed by atoms with Crippen molar-refractivity contribution >= 4 is 17.4 Å². The highest BCUT2D eigenvalue weighted by atomic mass is 19.1. The summed E-state index contributed by atoms with van der Waals surface area (Å²) in [6, 6.07) is 6.23. The molecule has 1 aromatic carbocycles. The number of benzene rings is 1. The van der Waals surface area contributed by atoms with Crippen molar-refractivity contribution in [2.24, 2.45) is 0 Å². The van der Waals surface area contributed by atoms with E-state index in [0.29, 0.717) is 12.1 Å². The highest BCUT2D eigenvalue weighted by Crippen LogP contribution is 2.31. The summed E-state index contributed by atoms with van der Waals surface area (Å²) in [5.74, 6) is 1.20. The highest BCUT2D eigenvalue weighted by Gasteiger charge is 2.30. The predicted octanol–water partition coefficient (Wildman–Crippen LogP) is 3.29. The van der Waals surface area contributed by atoms with Crippen LogP contribution in [0.1, 0.15) is 42.5 Å². The molecule has 0 saturated carbocycles. The predicted molar refractivity (Wildman–Crippen MR) is 113 cm³/mol. The second-order valence-electron chi connectivity index (χ2n) is 7.76. The second-order valence-corrected chi connectivity index (χ2v) is 7.76. The van der Waals surface area contributed by atoms with Gasteiger partial charge < -0.3 is 10.2 Å². The topological polar surface area (TPSA) is 75.9 Å². The van der Waals surface area contributed by atoms with Crippen molar-refractivity contribution in [3.05, 3.63) is 65.1 Å². The van der Waals surface area contributed by atoms with Gasteiger partial charge in [-0.15, -0.1) is 0 Å². The Labute approximate surface area is 175 Å². The standard InChI is InChI=1S/C22H25FN6O/c1-13-20-21(28(4)15(3)22(30)27-20)26-19(25-13)10-5-16-11-24-29(12-16)14(2)17-6-8-18(23)9-7-17/h6-9,11-12,14-15H,5,10H2,1-4H3,(H,27,30)/t14-,15+/m1/s1. The molecule has 2 atom stereocenters. The highest BCUT2D eigenvalue weighted by molar-refractivity contribution is 6.02. The van der Waals surface area contributed by atoms with Crippen LogP contribution in [0.15, 0.2) is 36.7 Å². The van der Waals surface area contributed by atoms with E-state index in [9.17, 15) is 9.18 Å². The first-order valence-corrected chi connectivity index (χ1v) is 10.0. The van der Waals surface area contributed by atoms with Gasteiger partial charge in [0, 0.05) is 19.7 Å². The molecule has 156 valence electrons. The molecule has 0 fully saturated rings. The first kappa shape index (κ1) is 20.0. The normalized spacial score (nSPS) is 16.9. The molecule has 8 heteroatoms. The van der Waals surface area contributed by atoms with E-state index in [1.165, 1.54) is 12.1 Å². The lowest BCUT2D eigenvalue weighted by Gasteiger charge is -2.32. The van der Waals surface area contributed by atoms with E-state index in [1.54, 1.807) is 12.1 Å². The van der Waals surface area contributed by atoms with E-state index >= 15 is 0 Å². The van der Waals surface area contributed by atoms with Crippen molar-refractivity contribution in [3.63, 3.8) is 0 Å². The maximum Gasteiger partial charge on any atom is 0.246 e. The van der Waals surface area contributed by atoms with Gasteiger partial charge in [-0.2, -0.15) is 5.10 Å². The monoisotopic (exact) mass is 408 g/mol. The van der Waals surface area contributed by atoms with Gasteiger partial charge in [0.25, 0.3) is 0 Å². The number of amides is 1. The second kappa shape index (κ2) is 7.85. The first-order chi connectivity index (χ1) is 14.3. The number of nitrogens with one attached hydrogen (secondary N) is 1. The fourth-order valence-electron chi connectivity index (χ4n) is 3.58. The molecule has 7 nitrogen and oxygen atoms in total. The number of fused-ring (bicyclic) bond motifs is 1. The molecular formula is C22H25FN6O. The summed E-state index contributed by atoms with van der Waals surface area (Å²) < 4.78 is 15.0. The van der Waals surface area contributed by atoms with Crippen molar-refractivity contribution in [2.75, 3.05) is 17.3 Å². The number of aryl methyl sites for hydroxylation is 3. The molecule has 3 heterocycles. The number of likely N-dealkylation sites (N-methyl/N-ethyl adjacent to an activating group) is 1. The number of anilines is 2. The lowest BCUT2D eigenvalue weighted by Crippen LogP contribution is -2.45. The zero-order valence-corrected chi connectivity index (χ0v) is 17.6. The van der Waals surface area contributed by atoms with Crippen LogP contribution < -0.4 is 10.2 Å². The van der Waals surface area contributed by atoms with Gasteiger partial charge in [0.05, 0.1) is 17.9 Å². The minimum Gasteiger partial charge on any atom is -0.346 e. The lowest BCUT2D eigenvalue weighted by atomic mass is 10.1. The maximum atomic E-state index is 13.2. The van der Waals surface area contributed by atoms with Crippen molar-refractivity contribution in [2.45, 2.75) is 45.7 Å². The molecule has 3 aromatic rings. The van der Waals surface area contributed by atoms with Crippen LogP contribution in [0.25, 0.3) is 0 Å². The molecule has 1 amide bonds. The molecule has 0 aliphatic carbocycles. The Morgan fingerprint density at radius 2 is 1.93 bits per heavy atom. The van der Waals surface area contributed by atoms with Gasteiger partial charge in [-0.3, -0.25) is 9.48 Å². The first-order valence-electron chi connectivity index (χ1n) is 10.0. The van der Waals surface area contributed by atoms with Crippen LogP contribution in [0.4, 0.5) is 15.9 Å². The third-order valence-corrected chi connectivity index (χ3v) is 5.70. The van der Waals surface area contributed by atoms with E-state index in [1.807, 2.05) is 49.8 Å². The fourth-order valence-corrected chi connectivity index (χ4v) is 3.58. The number of nitrogens with zero attached hydrogens (tertiary/aromatic N) is 5. The summed E-state index contributed by atoms with van der Waals surface area (Å²) in [4.78, 5) is 23.2. The van der Waals surface area contributed by atoms with Crippen LogP contribution in [-0.2, 0) is 17.6 Å². The zero-order chi connectivity index (χ0) is 21.4. The largest absolute Gasteiger partial charge is 0.346 e. The number of carbonyl (C=O) groups is 1. The number of halogens is 1. The van der Waals surface area contributed by atoms with Crippen LogP contribution in [0.2, 0.25) is 0 Å². The van der Waals surface area contributed by atoms with Crippen molar-refractivity contribution < 1.29 is 9.18 Å². The summed E-state index contributed by atoms with van der Waals surface area (Å²) in [6.45, 7) is 5.77. The smallest absolute Gasteiger partial charge is 0.246 e. The molecule has 0 bridgehead atoms. The summed E-state index contributed by atoms with van der Waals surface area (Å²) in [5.41, 5.74) is 3.53. The number of carbonyl (C=O) groups excluding carboxylic acids is 1. The van der Waals surface area contributed by atoms with Crippen LogP contribution in [-0.4, -0.2) is 38.7 Å². The molecule has 30 heavy (non-hydrogen) atoms. The molecule has 1 N–H and O–H groups in total. The van der Waals surface area contributed by atoms with Gasteiger partial charge in [0.1, 0.15) is 23.4 Å². The molecule has 4 rings (SSSR count).